The second-order valence-corrected chi connectivity index (χ2v) is 3.38. The molecule has 4 heteroatoms. The normalized spacial score (nSPS) is 12.4. The highest BCUT2D eigenvalue weighted by atomic mass is 127. The van der Waals surface area contributed by atoms with Crippen LogP contribution in [-0.4, -0.2) is 29.0 Å². The molecule has 14 heavy (non-hydrogen) atoms. The van der Waals surface area contributed by atoms with Crippen molar-refractivity contribution < 1.29 is 14.6 Å². The number of aliphatic hydroxyl groups excluding tert-OH is 1. The number of ether oxygens (including phenoxy) is 2. The predicted molar refractivity (Wildman–Crippen MR) is 62.8 cm³/mol. The van der Waals surface area contributed by atoms with Crippen LogP contribution in [0.1, 0.15) is 0 Å². The molecule has 0 saturated heterocycles. The zero-order chi connectivity index (χ0) is 10.2. The molecule has 0 fully saturated rings. The van der Waals surface area contributed by atoms with Gasteiger partial charge in [0.15, 0.2) is 0 Å². The summed E-state index contributed by atoms with van der Waals surface area (Å²) >= 11 is 2.09. The fraction of sp³-hybridized carbons (Fsp3) is 0.400. The van der Waals surface area contributed by atoms with Crippen molar-refractivity contribution in [3.8, 4) is 5.75 Å². The fourth-order valence-corrected chi connectivity index (χ4v) is 1.19. The van der Waals surface area contributed by atoms with Crippen molar-refractivity contribution in [3.05, 3.63) is 30.3 Å². The van der Waals surface area contributed by atoms with Crippen LogP contribution in [0.5, 0.6) is 5.75 Å². The van der Waals surface area contributed by atoms with Crippen molar-refractivity contribution in [3.63, 3.8) is 0 Å². The topological polar surface area (TPSA) is 38.7 Å². The fourth-order valence-electron chi connectivity index (χ4n) is 0.938. The number of para-hydroxylation sites is 1. The first-order chi connectivity index (χ1) is 6.83. The molecule has 1 rings (SSSR count). The van der Waals surface area contributed by atoms with Gasteiger partial charge in [-0.25, -0.2) is 0 Å². The number of halogens is 1. The van der Waals surface area contributed by atoms with E-state index in [1.54, 1.807) is 0 Å². The summed E-state index contributed by atoms with van der Waals surface area (Å²) in [7, 11) is 0. The van der Waals surface area contributed by atoms with E-state index in [4.69, 9.17) is 9.47 Å². The molecule has 0 heterocycles. The molecule has 1 N–H and O–H groups in total. The van der Waals surface area contributed by atoms with Crippen molar-refractivity contribution in [2.75, 3.05) is 17.8 Å². The van der Waals surface area contributed by atoms with Gasteiger partial charge in [-0.2, -0.15) is 0 Å². The molecule has 0 aliphatic heterocycles. The predicted octanol–water partition coefficient (Wildman–Crippen LogP) is 1.84. The number of hydrogen-bond donors (Lipinski definition) is 1. The van der Waals surface area contributed by atoms with Crippen molar-refractivity contribution >= 4 is 22.6 Å². The number of rotatable bonds is 6. The maximum absolute atomic E-state index is 9.39. The molecule has 0 spiro atoms. The summed E-state index contributed by atoms with van der Waals surface area (Å²) in [5, 5.41) is 9.39. The lowest BCUT2D eigenvalue weighted by atomic mass is 10.3. The van der Waals surface area contributed by atoms with Gasteiger partial charge in [-0.05, 0) is 12.1 Å². The SMILES string of the molecule is OC(COCI)COc1ccccc1. The molecule has 1 atom stereocenters. The van der Waals surface area contributed by atoms with Gasteiger partial charge in [0.2, 0.25) is 0 Å². The minimum absolute atomic E-state index is 0.265. The number of benzene rings is 1. The van der Waals surface area contributed by atoms with Crippen LogP contribution >= 0.6 is 22.6 Å². The summed E-state index contributed by atoms with van der Waals surface area (Å²) in [6, 6.07) is 9.41. The second-order valence-electron chi connectivity index (χ2n) is 2.76. The third-order valence-electron chi connectivity index (χ3n) is 1.57. The Bertz CT molecular complexity index is 240. The van der Waals surface area contributed by atoms with E-state index >= 15 is 0 Å². The molecular weight excluding hydrogens is 295 g/mol. The molecule has 0 radical (unpaired) electrons. The molecule has 3 nitrogen and oxygen atoms in total. The van der Waals surface area contributed by atoms with Crippen LogP contribution in [0.25, 0.3) is 0 Å². The van der Waals surface area contributed by atoms with Crippen LogP contribution < -0.4 is 4.74 Å². The average molecular weight is 308 g/mol. The Labute approximate surface area is 97.2 Å². The summed E-state index contributed by atoms with van der Waals surface area (Å²) < 4.78 is 11.0. The highest BCUT2D eigenvalue weighted by Crippen LogP contribution is 2.08. The molecule has 1 unspecified atom stereocenters. The Morgan fingerprint density at radius 3 is 2.57 bits per heavy atom. The van der Waals surface area contributed by atoms with E-state index in [0.717, 1.165) is 5.75 Å². The zero-order valence-electron chi connectivity index (χ0n) is 7.73. The van der Waals surface area contributed by atoms with Crippen molar-refractivity contribution in [2.45, 2.75) is 6.10 Å². The quantitative estimate of drug-likeness (QED) is 0.644. The van der Waals surface area contributed by atoms with Crippen LogP contribution in [0.4, 0.5) is 0 Å². The van der Waals surface area contributed by atoms with Gasteiger partial charge in [-0.15, -0.1) is 0 Å². The lowest BCUT2D eigenvalue weighted by Gasteiger charge is -2.11. The first kappa shape index (κ1) is 11.7. The molecule has 1 aromatic carbocycles. The highest BCUT2D eigenvalue weighted by molar-refractivity contribution is 14.1. The van der Waals surface area contributed by atoms with E-state index < -0.39 is 6.10 Å². The van der Waals surface area contributed by atoms with Crippen LogP contribution in [0, 0.1) is 0 Å². The van der Waals surface area contributed by atoms with Gasteiger partial charge in [0.05, 0.1) is 11.2 Å². The van der Waals surface area contributed by atoms with E-state index in [1.165, 1.54) is 0 Å². The number of hydrogen-bond acceptors (Lipinski definition) is 3. The maximum Gasteiger partial charge on any atom is 0.119 e. The maximum atomic E-state index is 9.39. The zero-order valence-corrected chi connectivity index (χ0v) is 9.88. The number of aliphatic hydroxyl groups is 1. The molecule has 0 aromatic heterocycles. The van der Waals surface area contributed by atoms with Crippen LogP contribution in [0.15, 0.2) is 30.3 Å². The lowest BCUT2D eigenvalue weighted by Crippen LogP contribution is -2.23. The Balaban J connectivity index is 2.20. The second kappa shape index (κ2) is 7.03. The minimum atomic E-state index is -0.565. The van der Waals surface area contributed by atoms with Crippen molar-refractivity contribution in [1.82, 2.24) is 0 Å². The van der Waals surface area contributed by atoms with Gasteiger partial charge >= 0.3 is 0 Å². The van der Waals surface area contributed by atoms with Gasteiger partial charge < -0.3 is 14.6 Å². The standard InChI is InChI=1S/C10H13IO3/c11-8-13-6-9(12)7-14-10-4-2-1-3-5-10/h1-5,9,12H,6-8H2. The first-order valence-electron chi connectivity index (χ1n) is 4.32. The van der Waals surface area contributed by atoms with E-state index in [0.29, 0.717) is 11.2 Å². The van der Waals surface area contributed by atoms with E-state index in [2.05, 4.69) is 22.6 Å². The summed E-state index contributed by atoms with van der Waals surface area (Å²) in [4.78, 5) is 0. The van der Waals surface area contributed by atoms with Crippen molar-refractivity contribution in [2.24, 2.45) is 0 Å². The molecule has 0 bridgehead atoms. The first-order valence-corrected chi connectivity index (χ1v) is 5.85. The summed E-state index contributed by atoms with van der Waals surface area (Å²) in [5.74, 6) is 0.765. The van der Waals surface area contributed by atoms with E-state index in [-0.39, 0.29) is 6.61 Å². The molecule has 78 valence electrons. The van der Waals surface area contributed by atoms with Crippen LogP contribution in [0.3, 0.4) is 0 Å². The third-order valence-corrected chi connectivity index (χ3v) is 2.01. The molecular formula is C10H13IO3. The van der Waals surface area contributed by atoms with Gasteiger partial charge in [-0.1, -0.05) is 40.8 Å². The number of alkyl halides is 1. The van der Waals surface area contributed by atoms with Crippen molar-refractivity contribution in [1.29, 1.82) is 0 Å². The minimum Gasteiger partial charge on any atom is -0.491 e. The average Bonchev–Trinajstić information content (AvgIpc) is 2.25. The Hall–Kier alpha value is -0.330. The molecule has 1 aromatic rings. The van der Waals surface area contributed by atoms with Crippen LogP contribution in [0.2, 0.25) is 0 Å². The Morgan fingerprint density at radius 2 is 1.93 bits per heavy atom. The van der Waals surface area contributed by atoms with E-state index in [9.17, 15) is 5.11 Å². The van der Waals surface area contributed by atoms with Gasteiger partial charge in [0, 0.05) is 0 Å². The largest absolute Gasteiger partial charge is 0.491 e. The smallest absolute Gasteiger partial charge is 0.119 e. The molecule has 0 aliphatic rings. The van der Waals surface area contributed by atoms with Crippen LogP contribution in [-0.2, 0) is 4.74 Å². The van der Waals surface area contributed by atoms with Gasteiger partial charge in [0.1, 0.15) is 18.5 Å². The lowest BCUT2D eigenvalue weighted by molar-refractivity contribution is 0.0302. The highest BCUT2D eigenvalue weighted by Gasteiger charge is 2.04. The monoisotopic (exact) mass is 308 g/mol. The summed E-state index contributed by atoms with van der Waals surface area (Å²) in [6.07, 6.45) is -0.565. The van der Waals surface area contributed by atoms with Gasteiger partial charge in [-0.3, -0.25) is 0 Å². The Kier molecular flexibility index (Phi) is 5.89. The third kappa shape index (κ3) is 4.78. The molecule has 0 saturated carbocycles. The molecule has 0 aliphatic carbocycles. The summed E-state index contributed by atoms with van der Waals surface area (Å²) in [5.41, 5.74) is 0. The molecule has 0 amide bonds. The van der Waals surface area contributed by atoms with E-state index in [1.807, 2.05) is 30.3 Å². The summed E-state index contributed by atoms with van der Waals surface area (Å²) in [6.45, 7) is 0.580. The Morgan fingerprint density at radius 1 is 1.21 bits per heavy atom. The van der Waals surface area contributed by atoms with Gasteiger partial charge in [0.25, 0.3) is 0 Å².